The molecule has 1 aliphatic rings. The highest BCUT2D eigenvalue weighted by atomic mass is 19.1. The molecule has 0 bridgehead atoms. The lowest BCUT2D eigenvalue weighted by Crippen LogP contribution is -2.30. The Kier molecular flexibility index (Phi) is 4.55. The summed E-state index contributed by atoms with van der Waals surface area (Å²) >= 11 is 0. The SMILES string of the molecule is CCN(Cc1ccc2c(c1)OCO2)C(=O)c1cc(F)ccc1OC. The minimum absolute atomic E-state index is 0.204. The molecule has 3 rings (SSSR count). The van der Waals surface area contributed by atoms with Crippen LogP contribution in [0.25, 0.3) is 0 Å². The first-order valence-corrected chi connectivity index (χ1v) is 7.63. The van der Waals surface area contributed by atoms with E-state index in [1.807, 2.05) is 25.1 Å². The fraction of sp³-hybridized carbons (Fsp3) is 0.278. The van der Waals surface area contributed by atoms with E-state index < -0.39 is 5.82 Å². The van der Waals surface area contributed by atoms with Gasteiger partial charge >= 0.3 is 0 Å². The van der Waals surface area contributed by atoms with Gasteiger partial charge in [-0.05, 0) is 42.8 Å². The number of fused-ring (bicyclic) bond motifs is 1. The molecule has 2 aromatic carbocycles. The van der Waals surface area contributed by atoms with Crippen LogP contribution < -0.4 is 14.2 Å². The summed E-state index contributed by atoms with van der Waals surface area (Å²) in [5, 5.41) is 0. The summed E-state index contributed by atoms with van der Waals surface area (Å²) in [6, 6.07) is 9.47. The van der Waals surface area contributed by atoms with Gasteiger partial charge in [0.05, 0.1) is 12.7 Å². The third-order valence-corrected chi connectivity index (χ3v) is 3.87. The van der Waals surface area contributed by atoms with Gasteiger partial charge in [-0.2, -0.15) is 0 Å². The number of halogens is 1. The predicted molar refractivity (Wildman–Crippen MR) is 85.9 cm³/mol. The fourth-order valence-corrected chi connectivity index (χ4v) is 2.60. The monoisotopic (exact) mass is 331 g/mol. The lowest BCUT2D eigenvalue weighted by molar-refractivity contribution is 0.0748. The average molecular weight is 331 g/mol. The van der Waals surface area contributed by atoms with Crippen LogP contribution in [0.2, 0.25) is 0 Å². The molecule has 1 heterocycles. The lowest BCUT2D eigenvalue weighted by atomic mass is 10.1. The van der Waals surface area contributed by atoms with E-state index in [1.54, 1.807) is 4.90 Å². The quantitative estimate of drug-likeness (QED) is 0.844. The number of amides is 1. The van der Waals surface area contributed by atoms with Crippen molar-refractivity contribution in [1.29, 1.82) is 0 Å². The molecule has 0 spiro atoms. The molecule has 0 saturated heterocycles. The summed E-state index contributed by atoms with van der Waals surface area (Å²) < 4.78 is 29.3. The van der Waals surface area contributed by atoms with Crippen molar-refractivity contribution < 1.29 is 23.4 Å². The highest BCUT2D eigenvalue weighted by Gasteiger charge is 2.21. The van der Waals surface area contributed by atoms with Crippen molar-refractivity contribution in [2.75, 3.05) is 20.4 Å². The van der Waals surface area contributed by atoms with Crippen molar-refractivity contribution in [3.05, 3.63) is 53.3 Å². The van der Waals surface area contributed by atoms with Gasteiger partial charge in [0.15, 0.2) is 11.5 Å². The van der Waals surface area contributed by atoms with E-state index in [0.29, 0.717) is 30.3 Å². The Bertz CT molecular complexity index is 763. The maximum Gasteiger partial charge on any atom is 0.258 e. The molecule has 0 saturated carbocycles. The molecule has 0 fully saturated rings. The largest absolute Gasteiger partial charge is 0.496 e. The summed E-state index contributed by atoms with van der Waals surface area (Å²) in [7, 11) is 1.46. The van der Waals surface area contributed by atoms with Gasteiger partial charge in [0.25, 0.3) is 5.91 Å². The molecule has 1 amide bonds. The zero-order chi connectivity index (χ0) is 17.1. The van der Waals surface area contributed by atoms with Crippen LogP contribution in [0.5, 0.6) is 17.2 Å². The lowest BCUT2D eigenvalue weighted by Gasteiger charge is -2.22. The van der Waals surface area contributed by atoms with Gasteiger partial charge < -0.3 is 19.1 Å². The number of nitrogens with zero attached hydrogens (tertiary/aromatic N) is 1. The summed E-state index contributed by atoms with van der Waals surface area (Å²) in [5.74, 6) is 0.953. The van der Waals surface area contributed by atoms with E-state index in [2.05, 4.69) is 0 Å². The molecule has 5 nitrogen and oxygen atoms in total. The third kappa shape index (κ3) is 3.13. The van der Waals surface area contributed by atoms with E-state index in [0.717, 1.165) is 5.56 Å². The van der Waals surface area contributed by atoms with Crippen LogP contribution in [0.1, 0.15) is 22.8 Å². The van der Waals surface area contributed by atoms with Crippen LogP contribution in [0.3, 0.4) is 0 Å². The zero-order valence-electron chi connectivity index (χ0n) is 13.5. The molecule has 126 valence electrons. The van der Waals surface area contributed by atoms with E-state index in [-0.39, 0.29) is 18.3 Å². The van der Waals surface area contributed by atoms with Crippen molar-refractivity contribution >= 4 is 5.91 Å². The number of benzene rings is 2. The van der Waals surface area contributed by atoms with E-state index in [4.69, 9.17) is 14.2 Å². The second kappa shape index (κ2) is 6.78. The molecule has 6 heteroatoms. The van der Waals surface area contributed by atoms with Crippen LogP contribution in [-0.2, 0) is 6.54 Å². The van der Waals surface area contributed by atoms with Crippen LogP contribution in [-0.4, -0.2) is 31.3 Å². The molecule has 0 atom stereocenters. The minimum Gasteiger partial charge on any atom is -0.496 e. The fourth-order valence-electron chi connectivity index (χ4n) is 2.60. The molecule has 24 heavy (non-hydrogen) atoms. The molecular formula is C18H18FNO4. The topological polar surface area (TPSA) is 48.0 Å². The Labute approximate surface area is 139 Å². The van der Waals surface area contributed by atoms with Gasteiger partial charge in [0.2, 0.25) is 6.79 Å². The average Bonchev–Trinajstić information content (AvgIpc) is 3.06. The number of hydrogen-bond donors (Lipinski definition) is 0. The number of ether oxygens (including phenoxy) is 3. The van der Waals surface area contributed by atoms with Crippen LogP contribution in [0, 0.1) is 5.82 Å². The van der Waals surface area contributed by atoms with Gasteiger partial charge in [-0.25, -0.2) is 4.39 Å². The van der Waals surface area contributed by atoms with E-state index >= 15 is 0 Å². The highest BCUT2D eigenvalue weighted by Crippen LogP contribution is 2.33. The van der Waals surface area contributed by atoms with Crippen LogP contribution >= 0.6 is 0 Å². The van der Waals surface area contributed by atoms with Gasteiger partial charge in [0.1, 0.15) is 11.6 Å². The third-order valence-electron chi connectivity index (χ3n) is 3.87. The Morgan fingerprint density at radius 1 is 1.21 bits per heavy atom. The Morgan fingerprint density at radius 3 is 2.75 bits per heavy atom. The number of carbonyl (C=O) groups excluding carboxylic acids is 1. The standard InChI is InChI=1S/C18H18FNO4/c1-3-20(10-12-4-6-16-17(8-12)24-11-23-16)18(21)14-9-13(19)5-7-15(14)22-2/h4-9H,3,10-11H2,1-2H3. The number of hydrogen-bond acceptors (Lipinski definition) is 4. The molecule has 0 radical (unpaired) electrons. The van der Waals surface area contributed by atoms with Crippen molar-refractivity contribution in [2.24, 2.45) is 0 Å². The van der Waals surface area contributed by atoms with Gasteiger partial charge in [0, 0.05) is 13.1 Å². The Balaban J connectivity index is 1.83. The predicted octanol–water partition coefficient (Wildman–Crippen LogP) is 3.23. The summed E-state index contributed by atoms with van der Waals surface area (Å²) in [6.07, 6.45) is 0. The van der Waals surface area contributed by atoms with Gasteiger partial charge in [-0.3, -0.25) is 4.79 Å². The van der Waals surface area contributed by atoms with E-state index in [1.165, 1.54) is 25.3 Å². The molecular weight excluding hydrogens is 313 g/mol. The first-order valence-electron chi connectivity index (χ1n) is 7.63. The molecule has 2 aromatic rings. The first-order chi connectivity index (χ1) is 11.6. The van der Waals surface area contributed by atoms with Crippen molar-refractivity contribution in [1.82, 2.24) is 4.90 Å². The van der Waals surface area contributed by atoms with Crippen molar-refractivity contribution in [3.63, 3.8) is 0 Å². The van der Waals surface area contributed by atoms with Crippen molar-refractivity contribution in [3.8, 4) is 17.2 Å². The molecule has 0 N–H and O–H groups in total. The number of carbonyl (C=O) groups is 1. The molecule has 1 aliphatic heterocycles. The normalized spacial score (nSPS) is 12.1. The molecule has 0 aliphatic carbocycles. The minimum atomic E-state index is -0.474. The first kappa shape index (κ1) is 16.1. The summed E-state index contributed by atoms with van der Waals surface area (Å²) in [5.41, 5.74) is 1.12. The Hall–Kier alpha value is -2.76. The smallest absolute Gasteiger partial charge is 0.258 e. The zero-order valence-corrected chi connectivity index (χ0v) is 13.5. The summed E-state index contributed by atoms with van der Waals surface area (Å²) in [6.45, 7) is 2.94. The number of methoxy groups -OCH3 is 1. The second-order valence-electron chi connectivity index (χ2n) is 5.35. The maximum absolute atomic E-state index is 13.5. The molecule has 0 aromatic heterocycles. The van der Waals surface area contributed by atoms with Crippen molar-refractivity contribution in [2.45, 2.75) is 13.5 Å². The number of rotatable bonds is 5. The summed E-state index contributed by atoms with van der Waals surface area (Å²) in [4.78, 5) is 14.4. The molecule has 0 unspecified atom stereocenters. The van der Waals surface area contributed by atoms with Crippen LogP contribution in [0.4, 0.5) is 4.39 Å². The van der Waals surface area contributed by atoms with Gasteiger partial charge in [-0.15, -0.1) is 0 Å². The highest BCUT2D eigenvalue weighted by molar-refractivity contribution is 5.97. The van der Waals surface area contributed by atoms with E-state index in [9.17, 15) is 9.18 Å². The maximum atomic E-state index is 13.5. The van der Waals surface area contributed by atoms with Gasteiger partial charge in [-0.1, -0.05) is 6.07 Å². The van der Waals surface area contributed by atoms with Crippen LogP contribution in [0.15, 0.2) is 36.4 Å². The Morgan fingerprint density at radius 2 is 2.00 bits per heavy atom. The second-order valence-corrected chi connectivity index (χ2v) is 5.35.